The van der Waals surface area contributed by atoms with Crippen LogP contribution in [0.4, 0.5) is 0 Å². The summed E-state index contributed by atoms with van der Waals surface area (Å²) in [5.74, 6) is 0.637. The van der Waals surface area contributed by atoms with E-state index in [1.165, 1.54) is 24.8 Å². The van der Waals surface area contributed by atoms with E-state index < -0.39 is 0 Å². The van der Waals surface area contributed by atoms with E-state index in [2.05, 4.69) is 19.9 Å². The Hall–Kier alpha value is 1.53. The maximum Gasteiger partial charge on any atom is 1.00 e. The first-order valence-corrected chi connectivity index (χ1v) is 4.11. The minimum absolute atomic E-state index is 0. The van der Waals surface area contributed by atoms with Crippen molar-refractivity contribution in [3.63, 3.8) is 0 Å². The molecule has 0 spiro atoms. The average Bonchev–Trinajstić information content (AvgIpc) is 2.39. The van der Waals surface area contributed by atoms with E-state index >= 15 is 0 Å². The Morgan fingerprint density at radius 3 is 2.29 bits per heavy atom. The molecule has 2 aliphatic carbocycles. The molecule has 1 unspecified atom stereocenters. The number of rotatable bonds is 0. The van der Waals surface area contributed by atoms with Crippen LogP contribution in [0.5, 0.6) is 0 Å². The van der Waals surface area contributed by atoms with E-state index in [1.807, 2.05) is 0 Å². The van der Waals surface area contributed by atoms with Crippen LogP contribution in [0.15, 0.2) is 16.7 Å². The van der Waals surface area contributed by atoms with Crippen LogP contribution in [0.1, 0.15) is 33.1 Å². The van der Waals surface area contributed by atoms with Gasteiger partial charge in [-0.1, -0.05) is 39.0 Å². The van der Waals surface area contributed by atoms with Crippen molar-refractivity contribution < 1.29 is 69.5 Å². The molecule has 0 heterocycles. The van der Waals surface area contributed by atoms with E-state index in [0.29, 0.717) is 5.92 Å². The molecule has 74 valence electrons. The van der Waals surface area contributed by atoms with Crippen LogP contribution < -0.4 is 43.7 Å². The Balaban J connectivity index is -0.000000302. The second-order valence-electron chi connectivity index (χ2n) is 3.35. The second-order valence-corrected chi connectivity index (χ2v) is 3.35. The fourth-order valence-electron chi connectivity index (χ4n) is 2.17. The second kappa shape index (κ2) is 8.65. The van der Waals surface area contributed by atoms with Crippen molar-refractivity contribution in [3.8, 4) is 0 Å². The monoisotopic (exact) mass is 390 g/mol. The van der Waals surface area contributed by atoms with Crippen LogP contribution in [0.2, 0.25) is 0 Å². The standard InChI is InChI=1S/C10H13.2ClH.Hf.Li/c1-7-6-8(2)10-5-3-4-9(7)10;;;;/h7H,3-5H2,1-2H3;2*1H;;/q-1;;;;+1/p-2. The molecule has 2 rings (SSSR count). The van der Waals surface area contributed by atoms with Gasteiger partial charge in [0.15, 0.2) is 0 Å². The summed E-state index contributed by atoms with van der Waals surface area (Å²) in [6.07, 6.45) is 7.50. The Morgan fingerprint density at radius 1 is 1.21 bits per heavy atom. The Morgan fingerprint density at radius 2 is 1.79 bits per heavy atom. The van der Waals surface area contributed by atoms with Crippen molar-refractivity contribution in [2.24, 2.45) is 5.92 Å². The summed E-state index contributed by atoms with van der Waals surface area (Å²) >= 11 is 0. The fourth-order valence-corrected chi connectivity index (χ4v) is 2.17. The molecule has 4 heteroatoms. The van der Waals surface area contributed by atoms with Gasteiger partial charge in [0.05, 0.1) is 0 Å². The third-order valence-corrected chi connectivity index (χ3v) is 2.67. The minimum Gasteiger partial charge on any atom is -1.00 e. The first kappa shape index (κ1) is 20.9. The summed E-state index contributed by atoms with van der Waals surface area (Å²) in [6.45, 7) is 4.46. The van der Waals surface area contributed by atoms with Crippen molar-refractivity contribution in [1.82, 2.24) is 0 Å². The van der Waals surface area contributed by atoms with Crippen LogP contribution in [0.3, 0.4) is 0 Å². The summed E-state index contributed by atoms with van der Waals surface area (Å²) in [6, 6.07) is 0. The van der Waals surface area contributed by atoms with Crippen LogP contribution in [0, 0.1) is 12.0 Å². The predicted octanol–water partition coefficient (Wildman–Crippen LogP) is -6.12. The van der Waals surface area contributed by atoms with E-state index in [1.54, 1.807) is 11.1 Å². The molecular weight excluding hydrogens is 376 g/mol. The van der Waals surface area contributed by atoms with Gasteiger partial charge in [0.1, 0.15) is 0 Å². The Bertz CT molecular complexity index is 236. The zero-order valence-corrected chi connectivity index (χ0v) is 14.1. The first-order valence-electron chi connectivity index (χ1n) is 4.11. The van der Waals surface area contributed by atoms with E-state index in [0.717, 1.165) is 0 Å². The molecule has 2 aliphatic rings. The van der Waals surface area contributed by atoms with Crippen LogP contribution in [0.25, 0.3) is 0 Å². The maximum absolute atomic E-state index is 3.46. The van der Waals surface area contributed by atoms with Gasteiger partial charge >= 0.3 is 18.9 Å². The van der Waals surface area contributed by atoms with Crippen molar-refractivity contribution >= 4 is 0 Å². The summed E-state index contributed by atoms with van der Waals surface area (Å²) < 4.78 is 0. The summed E-state index contributed by atoms with van der Waals surface area (Å²) in [5.41, 5.74) is 4.74. The molecular formula is C10H13Cl2HfLi-2. The molecule has 0 N–H and O–H groups in total. The zero-order chi connectivity index (χ0) is 7.14. The topological polar surface area (TPSA) is 0 Å². The number of allylic oxidation sites excluding steroid dienone is 4. The van der Waals surface area contributed by atoms with Gasteiger partial charge in [-0.2, -0.15) is 11.1 Å². The van der Waals surface area contributed by atoms with Gasteiger partial charge < -0.3 is 24.8 Å². The van der Waals surface area contributed by atoms with Crippen molar-refractivity contribution in [3.05, 3.63) is 22.8 Å². The van der Waals surface area contributed by atoms with Crippen molar-refractivity contribution in [2.75, 3.05) is 0 Å². The summed E-state index contributed by atoms with van der Waals surface area (Å²) in [4.78, 5) is 0. The van der Waals surface area contributed by atoms with Gasteiger partial charge in [-0.3, -0.25) is 6.08 Å². The average molecular weight is 390 g/mol. The van der Waals surface area contributed by atoms with Gasteiger partial charge in [-0.15, -0.1) is 0 Å². The van der Waals surface area contributed by atoms with Crippen molar-refractivity contribution in [1.29, 1.82) is 0 Å². The fraction of sp³-hybridized carbons (Fsp3) is 0.600. The molecule has 0 saturated heterocycles. The quantitative estimate of drug-likeness (QED) is 0.286. The molecule has 0 nitrogen and oxygen atoms in total. The molecule has 0 radical (unpaired) electrons. The smallest absolute Gasteiger partial charge is 1.00 e. The van der Waals surface area contributed by atoms with Gasteiger partial charge in [-0.25, -0.2) is 5.57 Å². The van der Waals surface area contributed by atoms with Crippen LogP contribution in [-0.2, 0) is 25.8 Å². The van der Waals surface area contributed by atoms with E-state index in [4.69, 9.17) is 0 Å². The van der Waals surface area contributed by atoms with E-state index in [9.17, 15) is 0 Å². The van der Waals surface area contributed by atoms with Gasteiger partial charge in [0.25, 0.3) is 0 Å². The predicted molar refractivity (Wildman–Crippen MR) is 42.5 cm³/mol. The van der Waals surface area contributed by atoms with Gasteiger partial charge in [0, 0.05) is 25.8 Å². The molecule has 0 saturated carbocycles. The van der Waals surface area contributed by atoms with Crippen LogP contribution >= 0.6 is 0 Å². The largest absolute Gasteiger partial charge is 1.00 e. The molecule has 0 amide bonds. The molecule has 0 aromatic carbocycles. The Labute approximate surface area is 130 Å². The third-order valence-electron chi connectivity index (χ3n) is 2.67. The SMILES string of the molecule is CC1=[C-]C(C)C2=C1CCC2.[Cl-].[Cl-].[Hf].[Li+]. The van der Waals surface area contributed by atoms with Gasteiger partial charge in [-0.05, 0) is 0 Å². The summed E-state index contributed by atoms with van der Waals surface area (Å²) in [5, 5.41) is 0. The zero-order valence-electron chi connectivity index (χ0n) is 8.95. The van der Waals surface area contributed by atoms with E-state index in [-0.39, 0.29) is 69.5 Å². The summed E-state index contributed by atoms with van der Waals surface area (Å²) in [7, 11) is 0. The molecule has 0 aliphatic heterocycles. The Kier molecular flexibility index (Phi) is 12.9. The molecule has 0 aromatic rings. The third kappa shape index (κ3) is 3.84. The molecule has 0 fully saturated rings. The first-order chi connectivity index (χ1) is 4.79. The van der Waals surface area contributed by atoms with Gasteiger partial charge in [0.2, 0.25) is 0 Å². The van der Waals surface area contributed by atoms with Crippen LogP contribution in [-0.4, -0.2) is 0 Å². The van der Waals surface area contributed by atoms with Crippen molar-refractivity contribution in [2.45, 2.75) is 33.1 Å². The maximum atomic E-state index is 3.46. The number of hydrogen-bond acceptors (Lipinski definition) is 0. The molecule has 0 aromatic heterocycles. The molecule has 0 bridgehead atoms. The molecule has 1 atom stereocenters. The minimum atomic E-state index is 0. The normalized spacial score (nSPS) is 22.1. The number of halogens is 2. The number of hydrogen-bond donors (Lipinski definition) is 0. The molecule has 14 heavy (non-hydrogen) atoms.